The third-order valence-corrected chi connectivity index (χ3v) is 2.64. The van der Waals surface area contributed by atoms with Crippen molar-refractivity contribution < 1.29 is 4.79 Å². The number of nitrogen functional groups attached to an aromatic ring is 1. The average Bonchev–Trinajstić information content (AvgIpc) is 2.16. The van der Waals surface area contributed by atoms with Gasteiger partial charge < -0.3 is 16.8 Å². The molecule has 4 nitrogen and oxygen atoms in total. The van der Waals surface area contributed by atoms with E-state index in [1.165, 1.54) is 0 Å². The molecule has 0 bridgehead atoms. The van der Waals surface area contributed by atoms with Crippen molar-refractivity contribution >= 4 is 28.9 Å². The third-order valence-electron chi connectivity index (χ3n) is 2.40. The molecular weight excluding hydrogens is 226 g/mol. The molecule has 0 unspecified atom stereocenters. The van der Waals surface area contributed by atoms with Gasteiger partial charge in [0.05, 0.1) is 16.8 Å². The van der Waals surface area contributed by atoms with Gasteiger partial charge in [-0.3, -0.25) is 4.79 Å². The number of primary amides is 1. The van der Waals surface area contributed by atoms with Crippen molar-refractivity contribution in [1.82, 2.24) is 0 Å². The molecule has 88 valence electrons. The molecule has 5 heteroatoms. The molecule has 1 rings (SSSR count). The number of anilines is 2. The molecule has 0 spiro atoms. The van der Waals surface area contributed by atoms with Crippen molar-refractivity contribution in [3.63, 3.8) is 0 Å². The van der Waals surface area contributed by atoms with E-state index in [1.807, 2.05) is 0 Å². The second kappa shape index (κ2) is 4.61. The van der Waals surface area contributed by atoms with E-state index in [2.05, 4.69) is 5.32 Å². The van der Waals surface area contributed by atoms with Crippen LogP contribution in [0, 0.1) is 5.41 Å². The highest BCUT2D eigenvalue weighted by atomic mass is 35.5. The predicted molar refractivity (Wildman–Crippen MR) is 67.3 cm³/mol. The molecule has 0 aliphatic carbocycles. The lowest BCUT2D eigenvalue weighted by Gasteiger charge is -2.22. The number of rotatable bonds is 4. The van der Waals surface area contributed by atoms with Gasteiger partial charge in [-0.25, -0.2) is 0 Å². The summed E-state index contributed by atoms with van der Waals surface area (Å²) in [6, 6.07) is 5.16. The van der Waals surface area contributed by atoms with Crippen LogP contribution in [0.1, 0.15) is 13.8 Å². The molecule has 16 heavy (non-hydrogen) atoms. The van der Waals surface area contributed by atoms with Crippen LogP contribution in [0.4, 0.5) is 11.4 Å². The van der Waals surface area contributed by atoms with Crippen molar-refractivity contribution in [2.24, 2.45) is 11.1 Å². The second-order valence-corrected chi connectivity index (χ2v) is 4.77. The summed E-state index contributed by atoms with van der Waals surface area (Å²) in [5, 5.41) is 3.66. The van der Waals surface area contributed by atoms with E-state index in [-0.39, 0.29) is 5.91 Å². The van der Waals surface area contributed by atoms with Crippen LogP contribution >= 0.6 is 11.6 Å². The van der Waals surface area contributed by atoms with Gasteiger partial charge in [-0.2, -0.15) is 0 Å². The minimum absolute atomic E-state index is 0.354. The van der Waals surface area contributed by atoms with Crippen LogP contribution in [0.15, 0.2) is 18.2 Å². The lowest BCUT2D eigenvalue weighted by molar-refractivity contribution is -0.125. The van der Waals surface area contributed by atoms with Crippen molar-refractivity contribution in [3.05, 3.63) is 23.2 Å². The lowest BCUT2D eigenvalue weighted by Crippen LogP contribution is -2.37. The Balaban J connectivity index is 2.72. The molecule has 0 saturated heterocycles. The van der Waals surface area contributed by atoms with Gasteiger partial charge >= 0.3 is 0 Å². The van der Waals surface area contributed by atoms with Crippen molar-refractivity contribution in [2.75, 3.05) is 17.6 Å². The third kappa shape index (κ3) is 3.03. The van der Waals surface area contributed by atoms with Crippen molar-refractivity contribution in [3.8, 4) is 0 Å². The summed E-state index contributed by atoms with van der Waals surface area (Å²) in [4.78, 5) is 11.1. The monoisotopic (exact) mass is 241 g/mol. The van der Waals surface area contributed by atoms with Gasteiger partial charge in [-0.05, 0) is 32.0 Å². The zero-order valence-corrected chi connectivity index (χ0v) is 10.1. The van der Waals surface area contributed by atoms with E-state index in [0.717, 1.165) is 5.69 Å². The second-order valence-electron chi connectivity index (χ2n) is 4.33. The van der Waals surface area contributed by atoms with Crippen molar-refractivity contribution in [1.29, 1.82) is 0 Å². The van der Waals surface area contributed by atoms with Gasteiger partial charge in [0.15, 0.2) is 0 Å². The fourth-order valence-corrected chi connectivity index (χ4v) is 1.28. The quantitative estimate of drug-likeness (QED) is 0.704. The van der Waals surface area contributed by atoms with Gasteiger partial charge in [0, 0.05) is 11.6 Å². The molecule has 0 aliphatic heterocycles. The Morgan fingerprint density at radius 2 is 2.12 bits per heavy atom. The Kier molecular flexibility index (Phi) is 3.65. The van der Waals surface area contributed by atoms with Crippen LogP contribution in [0.5, 0.6) is 0 Å². The Labute approximate surface area is 100.0 Å². The maximum absolute atomic E-state index is 11.1. The number of hydrogen-bond donors (Lipinski definition) is 3. The van der Waals surface area contributed by atoms with Gasteiger partial charge in [0.1, 0.15) is 0 Å². The average molecular weight is 242 g/mol. The molecule has 0 heterocycles. The summed E-state index contributed by atoms with van der Waals surface area (Å²) in [5.41, 5.74) is 11.7. The summed E-state index contributed by atoms with van der Waals surface area (Å²) in [6.45, 7) is 3.97. The van der Waals surface area contributed by atoms with Gasteiger partial charge in [0.2, 0.25) is 5.91 Å². The molecule has 5 N–H and O–H groups in total. The predicted octanol–water partition coefficient (Wildman–Crippen LogP) is 1.85. The van der Waals surface area contributed by atoms with Gasteiger partial charge in [-0.1, -0.05) is 11.6 Å². The topological polar surface area (TPSA) is 81.1 Å². The maximum atomic E-state index is 11.1. The van der Waals surface area contributed by atoms with E-state index < -0.39 is 5.41 Å². The first kappa shape index (κ1) is 12.6. The standard InChI is InChI=1S/C11H16ClN3O/c1-11(2,10(14)16)6-15-9-4-3-7(12)5-8(9)13/h3-5,15H,6,13H2,1-2H3,(H2,14,16). The van der Waals surface area contributed by atoms with Gasteiger partial charge in [-0.15, -0.1) is 0 Å². The highest BCUT2D eigenvalue weighted by Crippen LogP contribution is 2.24. The number of nitrogens with one attached hydrogen (secondary N) is 1. The number of carbonyl (C=O) groups is 1. The highest BCUT2D eigenvalue weighted by Gasteiger charge is 2.24. The normalized spacial score (nSPS) is 11.2. The first-order valence-electron chi connectivity index (χ1n) is 4.92. The van der Waals surface area contributed by atoms with Crippen molar-refractivity contribution in [2.45, 2.75) is 13.8 Å². The Morgan fingerprint density at radius 3 is 2.62 bits per heavy atom. The number of nitrogens with two attached hydrogens (primary N) is 2. The Morgan fingerprint density at radius 1 is 1.50 bits per heavy atom. The zero-order chi connectivity index (χ0) is 12.3. The Bertz CT molecular complexity index is 404. The van der Waals surface area contributed by atoms with Crippen LogP contribution in [0.2, 0.25) is 5.02 Å². The van der Waals surface area contributed by atoms with E-state index in [1.54, 1.807) is 32.0 Å². The first-order chi connectivity index (χ1) is 7.33. The molecule has 0 radical (unpaired) electrons. The summed E-state index contributed by atoms with van der Waals surface area (Å²) >= 11 is 5.78. The molecule has 0 atom stereocenters. The van der Waals surface area contributed by atoms with Crippen LogP contribution in [0.25, 0.3) is 0 Å². The summed E-state index contributed by atoms with van der Waals surface area (Å²) in [6.07, 6.45) is 0. The summed E-state index contributed by atoms with van der Waals surface area (Å²) < 4.78 is 0. The molecule has 0 fully saturated rings. The van der Waals surface area contributed by atoms with E-state index in [0.29, 0.717) is 17.3 Å². The number of halogens is 1. The van der Waals surface area contributed by atoms with Crippen LogP contribution in [0.3, 0.4) is 0 Å². The number of amides is 1. The minimum Gasteiger partial charge on any atom is -0.397 e. The smallest absolute Gasteiger partial charge is 0.224 e. The molecule has 0 aliphatic rings. The minimum atomic E-state index is -0.619. The first-order valence-corrected chi connectivity index (χ1v) is 5.29. The fraction of sp³-hybridized carbons (Fsp3) is 0.364. The molecular formula is C11H16ClN3O. The molecule has 1 aromatic rings. The zero-order valence-electron chi connectivity index (χ0n) is 9.38. The number of benzene rings is 1. The van der Waals surface area contributed by atoms with Gasteiger partial charge in [0.25, 0.3) is 0 Å². The van der Waals surface area contributed by atoms with Crippen LogP contribution in [-0.2, 0) is 4.79 Å². The molecule has 0 aromatic heterocycles. The highest BCUT2D eigenvalue weighted by molar-refractivity contribution is 6.31. The summed E-state index contributed by atoms with van der Waals surface area (Å²) in [5.74, 6) is -0.354. The fourth-order valence-electron chi connectivity index (χ4n) is 1.10. The number of carbonyl (C=O) groups excluding carboxylic acids is 1. The summed E-state index contributed by atoms with van der Waals surface area (Å²) in [7, 11) is 0. The van der Waals surface area contributed by atoms with E-state index in [4.69, 9.17) is 23.1 Å². The Hall–Kier alpha value is -1.42. The van der Waals surface area contributed by atoms with Crippen LogP contribution in [-0.4, -0.2) is 12.5 Å². The largest absolute Gasteiger partial charge is 0.397 e. The molecule has 1 aromatic carbocycles. The maximum Gasteiger partial charge on any atom is 0.224 e. The number of hydrogen-bond acceptors (Lipinski definition) is 3. The molecule has 1 amide bonds. The molecule has 0 saturated carbocycles. The van der Waals surface area contributed by atoms with E-state index >= 15 is 0 Å². The van der Waals surface area contributed by atoms with E-state index in [9.17, 15) is 4.79 Å². The van der Waals surface area contributed by atoms with Crippen LogP contribution < -0.4 is 16.8 Å². The SMILES string of the molecule is CC(C)(CNc1ccc(Cl)cc1N)C(N)=O. The lowest BCUT2D eigenvalue weighted by atomic mass is 9.92.